The fraction of sp³-hybridized carbons (Fsp3) is 0. The molecule has 1 aromatic rings. The minimum absolute atomic E-state index is 0.182. The van der Waals surface area contributed by atoms with Crippen LogP contribution in [-0.4, -0.2) is 11.1 Å². The van der Waals surface area contributed by atoms with Crippen LogP contribution in [0.5, 0.6) is 0 Å². The molecule has 0 aromatic heterocycles. The van der Waals surface area contributed by atoms with Crippen molar-refractivity contribution in [2.45, 2.75) is 0 Å². The zero-order chi connectivity index (χ0) is 10.8. The van der Waals surface area contributed by atoms with Gasteiger partial charge in [0.25, 0.3) is 5.91 Å². The lowest BCUT2D eigenvalue weighted by molar-refractivity contribution is -0.115. The van der Waals surface area contributed by atoms with Crippen molar-refractivity contribution in [3.05, 3.63) is 39.2 Å². The zero-order valence-electron chi connectivity index (χ0n) is 7.58. The van der Waals surface area contributed by atoms with Crippen LogP contribution < -0.4 is 5.32 Å². The Morgan fingerprint density at radius 1 is 1.47 bits per heavy atom. The highest BCUT2D eigenvalue weighted by Gasteiger charge is 2.21. The van der Waals surface area contributed by atoms with Crippen molar-refractivity contribution in [2.75, 3.05) is 0 Å². The number of hydrogen-bond donors (Lipinski definition) is 2. The number of amidine groups is 1. The van der Waals surface area contributed by atoms with Gasteiger partial charge in [-0.1, -0.05) is 28.1 Å². The highest BCUT2D eigenvalue weighted by molar-refractivity contribution is 9.10. The van der Waals surface area contributed by atoms with Gasteiger partial charge in [0.05, 0.1) is 4.91 Å². The summed E-state index contributed by atoms with van der Waals surface area (Å²) in [5, 5.41) is 9.91. The molecular formula is C10H7BrN2OS. The Labute approximate surface area is 99.6 Å². The first-order chi connectivity index (χ1) is 7.15. The smallest absolute Gasteiger partial charge is 0.264 e. The van der Waals surface area contributed by atoms with Gasteiger partial charge >= 0.3 is 0 Å². The van der Waals surface area contributed by atoms with Crippen molar-refractivity contribution >= 4 is 44.8 Å². The predicted molar refractivity (Wildman–Crippen MR) is 65.6 cm³/mol. The Morgan fingerprint density at radius 2 is 2.27 bits per heavy atom. The number of carbonyl (C=O) groups excluding carboxylic acids is 1. The molecule has 1 fully saturated rings. The summed E-state index contributed by atoms with van der Waals surface area (Å²) in [6.45, 7) is 0. The van der Waals surface area contributed by atoms with Crippen LogP contribution in [0.4, 0.5) is 0 Å². The summed E-state index contributed by atoms with van der Waals surface area (Å²) in [5.41, 5.74) is 0.941. The van der Waals surface area contributed by atoms with Gasteiger partial charge in [-0.25, -0.2) is 0 Å². The predicted octanol–water partition coefficient (Wildman–Crippen LogP) is 2.59. The molecule has 0 saturated carbocycles. The molecule has 0 radical (unpaired) electrons. The number of nitrogens with one attached hydrogen (secondary N) is 2. The number of rotatable bonds is 1. The van der Waals surface area contributed by atoms with E-state index in [1.54, 1.807) is 6.08 Å². The Hall–Kier alpha value is -1.07. The van der Waals surface area contributed by atoms with Gasteiger partial charge in [0.2, 0.25) is 0 Å². The van der Waals surface area contributed by atoms with Crippen LogP contribution in [0.1, 0.15) is 5.56 Å². The Morgan fingerprint density at radius 3 is 2.87 bits per heavy atom. The number of thioether (sulfide) groups is 1. The number of hydrogen-bond acceptors (Lipinski definition) is 3. The van der Waals surface area contributed by atoms with E-state index in [1.807, 2.05) is 24.3 Å². The summed E-state index contributed by atoms with van der Waals surface area (Å²) >= 11 is 4.50. The average molecular weight is 283 g/mol. The molecule has 1 saturated heterocycles. The maximum absolute atomic E-state index is 11.3. The van der Waals surface area contributed by atoms with Crippen molar-refractivity contribution in [1.82, 2.24) is 5.32 Å². The lowest BCUT2D eigenvalue weighted by Gasteiger charge is -1.95. The maximum atomic E-state index is 11.3. The largest absolute Gasteiger partial charge is 0.301 e. The fourth-order valence-corrected chi connectivity index (χ4v) is 2.31. The molecule has 0 bridgehead atoms. The van der Waals surface area contributed by atoms with E-state index in [1.165, 1.54) is 0 Å². The third-order valence-electron chi connectivity index (χ3n) is 1.81. The Kier molecular flexibility index (Phi) is 2.93. The molecule has 76 valence electrons. The van der Waals surface area contributed by atoms with Crippen LogP contribution in [0.3, 0.4) is 0 Å². The first kappa shape index (κ1) is 10.4. The van der Waals surface area contributed by atoms with Gasteiger partial charge in [-0.05, 0) is 35.5 Å². The zero-order valence-corrected chi connectivity index (χ0v) is 9.98. The van der Waals surface area contributed by atoms with Crippen LogP contribution in [0.2, 0.25) is 0 Å². The second-order valence-electron chi connectivity index (χ2n) is 2.95. The van der Waals surface area contributed by atoms with Crippen molar-refractivity contribution in [3.8, 4) is 0 Å². The van der Waals surface area contributed by atoms with Gasteiger partial charge in [0, 0.05) is 4.47 Å². The molecular weight excluding hydrogens is 276 g/mol. The van der Waals surface area contributed by atoms with Gasteiger partial charge in [-0.15, -0.1) is 0 Å². The van der Waals surface area contributed by atoms with Gasteiger partial charge in [-0.3, -0.25) is 10.2 Å². The lowest BCUT2D eigenvalue weighted by Crippen LogP contribution is -2.18. The molecule has 1 aromatic carbocycles. The maximum Gasteiger partial charge on any atom is 0.264 e. The minimum Gasteiger partial charge on any atom is -0.301 e. The van der Waals surface area contributed by atoms with E-state index in [9.17, 15) is 4.79 Å². The Bertz CT molecular complexity index is 470. The topological polar surface area (TPSA) is 53.0 Å². The van der Waals surface area contributed by atoms with E-state index in [0.717, 1.165) is 21.8 Å². The number of halogens is 1. The normalized spacial score (nSPS) is 18.3. The highest BCUT2D eigenvalue weighted by atomic mass is 79.9. The van der Waals surface area contributed by atoms with Crippen LogP contribution in [0.25, 0.3) is 6.08 Å². The van der Waals surface area contributed by atoms with E-state index in [-0.39, 0.29) is 11.1 Å². The molecule has 1 amide bonds. The van der Waals surface area contributed by atoms with Gasteiger partial charge in [0.1, 0.15) is 0 Å². The van der Waals surface area contributed by atoms with E-state index in [0.29, 0.717) is 4.91 Å². The summed E-state index contributed by atoms with van der Waals surface area (Å²) in [5.74, 6) is -0.204. The first-order valence-corrected chi connectivity index (χ1v) is 5.81. The third-order valence-corrected chi connectivity index (χ3v) is 3.13. The second-order valence-corrected chi connectivity index (χ2v) is 4.92. The van der Waals surface area contributed by atoms with Gasteiger partial charge in [-0.2, -0.15) is 0 Å². The first-order valence-electron chi connectivity index (χ1n) is 4.20. The van der Waals surface area contributed by atoms with Crippen LogP contribution in [-0.2, 0) is 4.79 Å². The molecule has 1 heterocycles. The number of benzene rings is 1. The molecule has 2 rings (SSSR count). The minimum atomic E-state index is -0.204. The van der Waals surface area contributed by atoms with E-state index in [2.05, 4.69) is 21.2 Å². The summed E-state index contributed by atoms with van der Waals surface area (Å²) < 4.78 is 0.968. The molecule has 0 unspecified atom stereocenters. The average Bonchev–Trinajstić information content (AvgIpc) is 2.45. The van der Waals surface area contributed by atoms with Gasteiger partial charge in [0.15, 0.2) is 5.17 Å². The summed E-state index contributed by atoms with van der Waals surface area (Å²) in [6, 6.07) is 7.65. The SMILES string of the molecule is N=C1NC(=O)/C(=C\c2cccc(Br)c2)S1. The van der Waals surface area contributed by atoms with Crippen molar-refractivity contribution in [2.24, 2.45) is 0 Å². The van der Waals surface area contributed by atoms with Crippen molar-refractivity contribution in [1.29, 1.82) is 5.41 Å². The quantitative estimate of drug-likeness (QED) is 0.778. The highest BCUT2D eigenvalue weighted by Crippen LogP contribution is 2.25. The molecule has 2 N–H and O–H groups in total. The van der Waals surface area contributed by atoms with Crippen molar-refractivity contribution < 1.29 is 4.79 Å². The van der Waals surface area contributed by atoms with Crippen LogP contribution in [0.15, 0.2) is 33.6 Å². The lowest BCUT2D eigenvalue weighted by atomic mass is 10.2. The van der Waals surface area contributed by atoms with E-state index >= 15 is 0 Å². The molecule has 1 aliphatic heterocycles. The van der Waals surface area contributed by atoms with Crippen LogP contribution >= 0.6 is 27.7 Å². The molecule has 0 spiro atoms. The molecule has 15 heavy (non-hydrogen) atoms. The van der Waals surface area contributed by atoms with Crippen LogP contribution in [0, 0.1) is 5.41 Å². The Balaban J connectivity index is 2.31. The molecule has 3 nitrogen and oxygen atoms in total. The number of amides is 1. The standard InChI is InChI=1S/C10H7BrN2OS/c11-7-3-1-2-6(4-7)5-8-9(14)13-10(12)15-8/h1-5H,(H2,12,13,14)/b8-5+. The van der Waals surface area contributed by atoms with E-state index < -0.39 is 0 Å². The molecule has 0 aliphatic carbocycles. The fourth-order valence-electron chi connectivity index (χ4n) is 1.19. The third kappa shape index (κ3) is 2.49. The van der Waals surface area contributed by atoms with Crippen molar-refractivity contribution in [3.63, 3.8) is 0 Å². The molecule has 1 aliphatic rings. The van der Waals surface area contributed by atoms with E-state index in [4.69, 9.17) is 5.41 Å². The number of carbonyl (C=O) groups is 1. The summed E-state index contributed by atoms with van der Waals surface area (Å²) in [4.78, 5) is 11.9. The summed E-state index contributed by atoms with van der Waals surface area (Å²) in [6.07, 6.45) is 1.77. The summed E-state index contributed by atoms with van der Waals surface area (Å²) in [7, 11) is 0. The second kappa shape index (κ2) is 4.20. The van der Waals surface area contributed by atoms with Gasteiger partial charge < -0.3 is 5.32 Å². The molecule has 0 atom stereocenters. The molecule has 5 heteroatoms. The monoisotopic (exact) mass is 282 g/mol.